The number of carbonyl (C=O) groups is 2. The molecule has 3 rings (SSSR count). The van der Waals surface area contributed by atoms with E-state index < -0.39 is 17.6 Å². The number of fused-ring (bicyclic) bond motifs is 1. The number of nitrogens with one attached hydrogen (secondary N) is 2. The zero-order valence-corrected chi connectivity index (χ0v) is 16.1. The Hall–Kier alpha value is -3.13. The van der Waals surface area contributed by atoms with Crippen LogP contribution in [0.4, 0.5) is 4.79 Å². The van der Waals surface area contributed by atoms with Crippen molar-refractivity contribution < 1.29 is 18.7 Å². The molecule has 3 amide bonds. The van der Waals surface area contributed by atoms with Crippen molar-refractivity contribution >= 4 is 34.2 Å². The van der Waals surface area contributed by atoms with Crippen LogP contribution >= 0.6 is 11.3 Å². The van der Waals surface area contributed by atoms with Crippen LogP contribution in [0.25, 0.3) is 11.0 Å². The molecule has 146 valence electrons. The molecule has 0 spiro atoms. The Balaban J connectivity index is 1.56. The second-order valence-electron chi connectivity index (χ2n) is 6.10. The number of urea groups is 1. The van der Waals surface area contributed by atoms with Crippen molar-refractivity contribution in [3.63, 3.8) is 0 Å². The maximum Gasteiger partial charge on any atom is 0.336 e. The third-order valence-corrected chi connectivity index (χ3v) is 4.82. The molecule has 28 heavy (non-hydrogen) atoms. The Bertz CT molecular complexity index is 1030. The quantitative estimate of drug-likeness (QED) is 0.594. The number of rotatable bonds is 7. The number of amides is 3. The molecule has 2 N–H and O–H groups in total. The molecule has 0 unspecified atom stereocenters. The molecule has 0 bridgehead atoms. The maximum atomic E-state index is 11.9. The third kappa shape index (κ3) is 5.20. The van der Waals surface area contributed by atoms with Crippen molar-refractivity contribution in [2.24, 2.45) is 0 Å². The highest BCUT2D eigenvalue weighted by Gasteiger charge is 2.10. The summed E-state index contributed by atoms with van der Waals surface area (Å²) in [5.74, 6) is -0.205. The molecular formula is C20H20N2O5S. The lowest BCUT2D eigenvalue weighted by molar-refractivity contribution is -0.122. The fraction of sp³-hybridized carbons (Fsp3) is 0.250. The summed E-state index contributed by atoms with van der Waals surface area (Å²) in [4.78, 5) is 36.3. The Kier molecular flexibility index (Phi) is 6.44. The minimum absolute atomic E-state index is 0.336. The summed E-state index contributed by atoms with van der Waals surface area (Å²) in [6.45, 7) is 2.05. The molecule has 3 aromatic rings. The highest BCUT2D eigenvalue weighted by atomic mass is 32.1. The van der Waals surface area contributed by atoms with Gasteiger partial charge in [0.25, 0.3) is 5.91 Å². The van der Waals surface area contributed by atoms with Crippen molar-refractivity contribution in [2.45, 2.75) is 26.3 Å². The van der Waals surface area contributed by atoms with E-state index in [9.17, 15) is 14.4 Å². The smallest absolute Gasteiger partial charge is 0.336 e. The number of hydrogen-bond acceptors (Lipinski definition) is 6. The molecular weight excluding hydrogens is 380 g/mol. The second kappa shape index (κ2) is 9.18. The largest absolute Gasteiger partial charge is 0.484 e. The van der Waals surface area contributed by atoms with Crippen molar-refractivity contribution in [3.05, 3.63) is 62.6 Å². The molecule has 0 radical (unpaired) electrons. The Morgan fingerprint density at radius 2 is 2.07 bits per heavy atom. The first kappa shape index (κ1) is 19.6. The van der Waals surface area contributed by atoms with Crippen LogP contribution in [0.3, 0.4) is 0 Å². The first-order chi connectivity index (χ1) is 13.5. The first-order valence-electron chi connectivity index (χ1n) is 8.85. The minimum atomic E-state index is -0.587. The molecule has 1 aromatic carbocycles. The van der Waals surface area contributed by atoms with Gasteiger partial charge in [0.15, 0.2) is 6.61 Å². The molecule has 2 aromatic heterocycles. The van der Waals surface area contributed by atoms with E-state index in [1.165, 1.54) is 17.4 Å². The maximum absolute atomic E-state index is 11.9. The van der Waals surface area contributed by atoms with Crippen LogP contribution in [0.1, 0.15) is 23.8 Å². The van der Waals surface area contributed by atoms with Gasteiger partial charge in [-0.05, 0) is 35.6 Å². The van der Waals surface area contributed by atoms with Crippen LogP contribution < -0.4 is 21.0 Å². The van der Waals surface area contributed by atoms with Gasteiger partial charge in [-0.15, -0.1) is 11.3 Å². The lowest BCUT2D eigenvalue weighted by Gasteiger charge is -2.09. The lowest BCUT2D eigenvalue weighted by Crippen LogP contribution is -2.41. The molecule has 8 heteroatoms. The zero-order chi connectivity index (χ0) is 19.9. The average molecular weight is 400 g/mol. The zero-order valence-electron chi connectivity index (χ0n) is 15.3. The molecule has 7 nitrogen and oxygen atoms in total. The van der Waals surface area contributed by atoms with E-state index in [1.54, 1.807) is 18.2 Å². The molecule has 0 saturated heterocycles. The Morgan fingerprint density at radius 1 is 1.21 bits per heavy atom. The van der Waals surface area contributed by atoms with Gasteiger partial charge < -0.3 is 14.5 Å². The average Bonchev–Trinajstić information content (AvgIpc) is 3.18. The molecule has 0 saturated carbocycles. The van der Waals surface area contributed by atoms with Gasteiger partial charge in [0.05, 0.1) is 6.54 Å². The SMILES string of the molecule is CCCc1cc(=O)oc2cc(OCC(=O)NC(=O)NCc3cccs3)ccc12. The lowest BCUT2D eigenvalue weighted by atomic mass is 10.1. The Labute approximate surface area is 165 Å². The van der Waals surface area contributed by atoms with Gasteiger partial charge in [-0.1, -0.05) is 19.4 Å². The highest BCUT2D eigenvalue weighted by Crippen LogP contribution is 2.23. The second-order valence-corrected chi connectivity index (χ2v) is 7.13. The van der Waals surface area contributed by atoms with Crippen LogP contribution in [0.2, 0.25) is 0 Å². The first-order valence-corrected chi connectivity index (χ1v) is 9.72. The summed E-state index contributed by atoms with van der Waals surface area (Å²) in [6.07, 6.45) is 1.68. The Morgan fingerprint density at radius 3 is 2.82 bits per heavy atom. The van der Waals surface area contributed by atoms with Crippen molar-refractivity contribution in [1.82, 2.24) is 10.6 Å². The molecule has 0 aliphatic carbocycles. The van der Waals surface area contributed by atoms with E-state index in [0.717, 1.165) is 28.7 Å². The summed E-state index contributed by atoms with van der Waals surface area (Å²) in [5.41, 5.74) is 0.899. The summed E-state index contributed by atoms with van der Waals surface area (Å²) >= 11 is 1.51. The van der Waals surface area contributed by atoms with Crippen LogP contribution in [-0.4, -0.2) is 18.5 Å². The number of imide groups is 1. The highest BCUT2D eigenvalue weighted by molar-refractivity contribution is 7.09. The predicted octanol–water partition coefficient (Wildman–Crippen LogP) is 3.21. The van der Waals surface area contributed by atoms with Gasteiger partial charge in [-0.25, -0.2) is 9.59 Å². The van der Waals surface area contributed by atoms with Crippen molar-refractivity contribution in [2.75, 3.05) is 6.61 Å². The van der Waals surface area contributed by atoms with Crippen LogP contribution in [0.5, 0.6) is 5.75 Å². The predicted molar refractivity (Wildman–Crippen MR) is 107 cm³/mol. The summed E-state index contributed by atoms with van der Waals surface area (Å²) in [6, 6.07) is 9.75. The summed E-state index contributed by atoms with van der Waals surface area (Å²) < 4.78 is 10.6. The molecule has 0 aliphatic heterocycles. The number of ether oxygens (including phenoxy) is 1. The molecule has 0 atom stereocenters. The van der Waals surface area contributed by atoms with Crippen LogP contribution in [0.15, 0.2) is 51.0 Å². The number of aryl methyl sites for hydroxylation is 1. The fourth-order valence-corrected chi connectivity index (χ4v) is 3.36. The van der Waals surface area contributed by atoms with E-state index in [1.807, 2.05) is 24.4 Å². The fourth-order valence-electron chi connectivity index (χ4n) is 2.71. The number of benzene rings is 1. The summed E-state index contributed by atoms with van der Waals surface area (Å²) in [7, 11) is 0. The van der Waals surface area contributed by atoms with Gasteiger partial charge in [0.2, 0.25) is 0 Å². The van der Waals surface area contributed by atoms with Gasteiger partial charge in [0, 0.05) is 22.4 Å². The van der Waals surface area contributed by atoms with Gasteiger partial charge >= 0.3 is 11.7 Å². The molecule has 0 fully saturated rings. The summed E-state index contributed by atoms with van der Waals surface area (Å²) in [5, 5.41) is 7.55. The van der Waals surface area contributed by atoms with E-state index in [4.69, 9.17) is 9.15 Å². The number of hydrogen-bond donors (Lipinski definition) is 2. The standard InChI is InChI=1S/C20H20N2O5S/c1-2-4-13-9-19(24)27-17-10-14(6-7-16(13)17)26-12-18(23)22-20(25)21-11-15-5-3-8-28-15/h3,5-10H,2,4,11-12H2,1H3,(H2,21,22,23,25). The van der Waals surface area contributed by atoms with E-state index >= 15 is 0 Å². The van der Waals surface area contributed by atoms with Crippen molar-refractivity contribution in [3.8, 4) is 5.75 Å². The van der Waals surface area contributed by atoms with E-state index in [2.05, 4.69) is 10.6 Å². The normalized spacial score (nSPS) is 10.6. The number of thiophene rings is 1. The van der Waals surface area contributed by atoms with Gasteiger partial charge in [-0.2, -0.15) is 0 Å². The van der Waals surface area contributed by atoms with Gasteiger partial charge in [0.1, 0.15) is 11.3 Å². The van der Waals surface area contributed by atoms with Crippen molar-refractivity contribution in [1.29, 1.82) is 0 Å². The monoisotopic (exact) mass is 400 g/mol. The van der Waals surface area contributed by atoms with E-state index in [-0.39, 0.29) is 6.61 Å². The molecule has 2 heterocycles. The molecule has 0 aliphatic rings. The van der Waals surface area contributed by atoms with Crippen LogP contribution in [-0.2, 0) is 17.8 Å². The van der Waals surface area contributed by atoms with E-state index in [0.29, 0.717) is 17.9 Å². The number of carbonyl (C=O) groups excluding carboxylic acids is 2. The topological polar surface area (TPSA) is 97.6 Å². The van der Waals surface area contributed by atoms with Crippen LogP contribution in [0, 0.1) is 0 Å². The third-order valence-electron chi connectivity index (χ3n) is 3.95. The van der Waals surface area contributed by atoms with Gasteiger partial charge in [-0.3, -0.25) is 10.1 Å². The minimum Gasteiger partial charge on any atom is -0.484 e.